The lowest BCUT2D eigenvalue weighted by atomic mass is 10.1. The molecule has 3 rings (SSSR count). The molecule has 2 aromatic rings. The van der Waals surface area contributed by atoms with E-state index in [1.54, 1.807) is 18.2 Å². The number of hydrogen-bond donors (Lipinski definition) is 0. The monoisotopic (exact) mass is 349 g/mol. The summed E-state index contributed by atoms with van der Waals surface area (Å²) in [6.45, 7) is 2.13. The van der Waals surface area contributed by atoms with Crippen molar-refractivity contribution in [2.45, 2.75) is 26.3 Å². The minimum atomic E-state index is -0.571. The summed E-state index contributed by atoms with van der Waals surface area (Å²) >= 11 is 3.30. The van der Waals surface area contributed by atoms with E-state index in [0.29, 0.717) is 23.0 Å². The minimum Gasteiger partial charge on any atom is -0.337 e. The first kappa shape index (κ1) is 13.9. The van der Waals surface area contributed by atoms with Crippen molar-refractivity contribution in [3.63, 3.8) is 0 Å². The van der Waals surface area contributed by atoms with Crippen LogP contribution in [0.3, 0.4) is 0 Å². The number of ketones is 1. The number of fused-ring (bicyclic) bond motifs is 1. The van der Waals surface area contributed by atoms with Gasteiger partial charge in [-0.3, -0.25) is 14.5 Å². The Bertz CT molecular complexity index is 726. The number of carbonyl (C=O) groups is 2. The van der Waals surface area contributed by atoms with E-state index in [1.807, 2.05) is 6.92 Å². The van der Waals surface area contributed by atoms with Gasteiger partial charge in [0.05, 0.1) is 11.3 Å². The number of halogens is 1. The van der Waals surface area contributed by atoms with Crippen molar-refractivity contribution >= 4 is 33.3 Å². The Morgan fingerprint density at radius 2 is 2.14 bits per heavy atom. The van der Waals surface area contributed by atoms with E-state index in [2.05, 4.69) is 26.1 Å². The van der Waals surface area contributed by atoms with E-state index >= 15 is 0 Å². The molecule has 1 aliphatic heterocycles. The van der Waals surface area contributed by atoms with Crippen molar-refractivity contribution in [1.82, 2.24) is 10.1 Å². The van der Waals surface area contributed by atoms with Crippen LogP contribution in [0.25, 0.3) is 0 Å². The highest BCUT2D eigenvalue weighted by Crippen LogP contribution is 2.32. The predicted octanol–water partition coefficient (Wildman–Crippen LogP) is 2.51. The molecule has 1 aliphatic rings. The molecule has 1 aromatic heterocycles. The van der Waals surface area contributed by atoms with Crippen molar-refractivity contribution in [2.24, 2.45) is 0 Å². The van der Waals surface area contributed by atoms with E-state index in [-0.39, 0.29) is 6.54 Å². The summed E-state index contributed by atoms with van der Waals surface area (Å²) in [6.07, 6.45) is 1.64. The zero-order valence-corrected chi connectivity index (χ0v) is 12.9. The standard InChI is InChI=1S/C14H12BrN3O3/c1-2-3-11-16-12(21-17-11)7-18-10-5-4-8(15)6-9(10)13(19)14(18)20/h4-6H,2-3,7H2,1H3. The number of aromatic nitrogens is 2. The quantitative estimate of drug-likeness (QED) is 0.792. The van der Waals surface area contributed by atoms with Gasteiger partial charge in [-0.05, 0) is 24.6 Å². The highest BCUT2D eigenvalue weighted by atomic mass is 79.9. The van der Waals surface area contributed by atoms with Crippen LogP contribution in [0.5, 0.6) is 0 Å². The Kier molecular flexibility index (Phi) is 3.59. The molecule has 0 radical (unpaired) electrons. The summed E-state index contributed by atoms with van der Waals surface area (Å²) in [5.74, 6) is -0.144. The van der Waals surface area contributed by atoms with Crippen LogP contribution in [0.15, 0.2) is 27.2 Å². The van der Waals surface area contributed by atoms with Gasteiger partial charge in [0, 0.05) is 10.9 Å². The van der Waals surface area contributed by atoms with Gasteiger partial charge in [-0.15, -0.1) is 0 Å². The summed E-state index contributed by atoms with van der Waals surface area (Å²) in [6, 6.07) is 5.16. The van der Waals surface area contributed by atoms with Crippen LogP contribution in [0.2, 0.25) is 0 Å². The minimum absolute atomic E-state index is 0.107. The van der Waals surface area contributed by atoms with E-state index in [9.17, 15) is 9.59 Å². The second-order valence-electron chi connectivity index (χ2n) is 4.74. The molecule has 0 fully saturated rings. The number of aryl methyl sites for hydroxylation is 1. The number of carbonyl (C=O) groups excluding carboxylic acids is 2. The molecule has 6 nitrogen and oxygen atoms in total. The lowest BCUT2D eigenvalue weighted by Crippen LogP contribution is -2.29. The summed E-state index contributed by atoms with van der Waals surface area (Å²) in [5.41, 5.74) is 0.964. The second kappa shape index (κ2) is 5.40. The zero-order valence-electron chi connectivity index (χ0n) is 11.3. The van der Waals surface area contributed by atoms with Gasteiger partial charge in [-0.25, -0.2) is 0 Å². The maximum Gasteiger partial charge on any atom is 0.299 e. The summed E-state index contributed by atoms with van der Waals surface area (Å²) < 4.78 is 5.88. The molecule has 7 heteroatoms. The first-order valence-electron chi connectivity index (χ1n) is 6.57. The molecular weight excluding hydrogens is 338 g/mol. The molecule has 108 valence electrons. The first-order chi connectivity index (χ1) is 10.1. The number of hydrogen-bond acceptors (Lipinski definition) is 5. The molecule has 0 saturated carbocycles. The Morgan fingerprint density at radius 3 is 2.90 bits per heavy atom. The fraction of sp³-hybridized carbons (Fsp3) is 0.286. The van der Waals surface area contributed by atoms with Crippen LogP contribution in [0.1, 0.15) is 35.4 Å². The summed E-state index contributed by atoms with van der Waals surface area (Å²) in [4.78, 5) is 29.6. The summed E-state index contributed by atoms with van der Waals surface area (Å²) in [5, 5.41) is 3.85. The number of anilines is 1. The zero-order chi connectivity index (χ0) is 15.0. The molecule has 0 unspecified atom stereocenters. The van der Waals surface area contributed by atoms with Crippen molar-refractivity contribution in [3.05, 3.63) is 40.0 Å². The third kappa shape index (κ3) is 2.49. The second-order valence-corrected chi connectivity index (χ2v) is 5.65. The number of rotatable bonds is 4. The van der Waals surface area contributed by atoms with Crippen LogP contribution < -0.4 is 4.90 Å². The van der Waals surface area contributed by atoms with Gasteiger partial charge < -0.3 is 4.52 Å². The van der Waals surface area contributed by atoms with E-state index in [4.69, 9.17) is 4.52 Å². The van der Waals surface area contributed by atoms with Gasteiger partial charge in [0.2, 0.25) is 5.89 Å². The largest absolute Gasteiger partial charge is 0.337 e. The smallest absolute Gasteiger partial charge is 0.299 e. The maximum atomic E-state index is 12.1. The Balaban J connectivity index is 1.89. The molecule has 21 heavy (non-hydrogen) atoms. The van der Waals surface area contributed by atoms with Gasteiger partial charge in [0.25, 0.3) is 11.7 Å². The van der Waals surface area contributed by atoms with Crippen LogP contribution in [0, 0.1) is 0 Å². The number of Topliss-reactive ketones (excluding diaryl/α,β-unsaturated/α-hetero) is 1. The number of amides is 1. The van der Waals surface area contributed by atoms with Crippen molar-refractivity contribution < 1.29 is 14.1 Å². The molecule has 0 spiro atoms. The molecular formula is C14H12BrN3O3. The van der Waals surface area contributed by atoms with Crippen molar-refractivity contribution in [1.29, 1.82) is 0 Å². The maximum absolute atomic E-state index is 12.1. The van der Waals surface area contributed by atoms with Crippen LogP contribution in [-0.4, -0.2) is 21.8 Å². The van der Waals surface area contributed by atoms with Gasteiger partial charge in [-0.1, -0.05) is 28.0 Å². The van der Waals surface area contributed by atoms with Crippen LogP contribution >= 0.6 is 15.9 Å². The highest BCUT2D eigenvalue weighted by molar-refractivity contribution is 9.10. The predicted molar refractivity (Wildman–Crippen MR) is 78.0 cm³/mol. The third-order valence-electron chi connectivity index (χ3n) is 3.21. The van der Waals surface area contributed by atoms with Gasteiger partial charge in [0.15, 0.2) is 5.82 Å². The topological polar surface area (TPSA) is 76.3 Å². The lowest BCUT2D eigenvalue weighted by molar-refractivity contribution is -0.114. The number of benzene rings is 1. The first-order valence-corrected chi connectivity index (χ1v) is 7.36. The fourth-order valence-corrected chi connectivity index (χ4v) is 2.61. The molecule has 0 aliphatic carbocycles. The SMILES string of the molecule is CCCc1noc(CN2C(=O)C(=O)c3cc(Br)ccc32)n1. The average molecular weight is 350 g/mol. The molecule has 2 heterocycles. The fourth-order valence-electron chi connectivity index (χ4n) is 2.24. The molecule has 0 atom stereocenters. The molecule has 1 aromatic carbocycles. The summed E-state index contributed by atoms with van der Waals surface area (Å²) in [7, 11) is 0. The Morgan fingerprint density at radius 1 is 1.33 bits per heavy atom. The van der Waals surface area contributed by atoms with E-state index in [0.717, 1.165) is 17.3 Å². The normalized spacial score (nSPS) is 13.9. The van der Waals surface area contributed by atoms with Gasteiger partial charge in [0.1, 0.15) is 6.54 Å². The van der Waals surface area contributed by atoms with Gasteiger partial charge >= 0.3 is 0 Å². The Labute approximate surface area is 129 Å². The highest BCUT2D eigenvalue weighted by Gasteiger charge is 2.36. The van der Waals surface area contributed by atoms with Gasteiger partial charge in [-0.2, -0.15) is 4.98 Å². The molecule has 1 amide bonds. The van der Waals surface area contributed by atoms with E-state index in [1.165, 1.54) is 4.90 Å². The van der Waals surface area contributed by atoms with E-state index < -0.39 is 11.7 Å². The average Bonchev–Trinajstić information content (AvgIpc) is 2.99. The third-order valence-corrected chi connectivity index (χ3v) is 3.70. The molecule has 0 saturated heterocycles. The van der Waals surface area contributed by atoms with Crippen LogP contribution in [-0.2, 0) is 17.8 Å². The molecule has 0 N–H and O–H groups in total. The number of nitrogens with zero attached hydrogens (tertiary/aromatic N) is 3. The van der Waals surface area contributed by atoms with Crippen molar-refractivity contribution in [3.8, 4) is 0 Å². The van der Waals surface area contributed by atoms with Crippen molar-refractivity contribution in [2.75, 3.05) is 4.90 Å². The molecule has 0 bridgehead atoms. The Hall–Kier alpha value is -2.02. The lowest BCUT2D eigenvalue weighted by Gasteiger charge is -2.13. The van der Waals surface area contributed by atoms with Crippen LogP contribution in [0.4, 0.5) is 5.69 Å².